The van der Waals surface area contributed by atoms with Gasteiger partial charge in [0.05, 0.1) is 6.10 Å². The molecule has 2 N–H and O–H groups in total. The molecular weight excluding hydrogens is 216 g/mol. The van der Waals surface area contributed by atoms with Crippen LogP contribution in [0.4, 0.5) is 11.6 Å². The molecule has 0 spiro atoms. The van der Waals surface area contributed by atoms with E-state index in [1.54, 1.807) is 7.11 Å². The largest absolute Gasteiger partial charge is 0.383 e. The molecule has 5 heteroatoms. The zero-order chi connectivity index (χ0) is 12.4. The molecule has 1 saturated heterocycles. The van der Waals surface area contributed by atoms with E-state index in [1.165, 1.54) is 6.33 Å². The van der Waals surface area contributed by atoms with Crippen molar-refractivity contribution in [2.45, 2.75) is 38.8 Å². The predicted molar refractivity (Wildman–Crippen MR) is 68.0 cm³/mol. The van der Waals surface area contributed by atoms with Crippen LogP contribution in [-0.4, -0.2) is 35.8 Å². The number of hydrogen-bond acceptors (Lipinski definition) is 5. The molecule has 2 rings (SSSR count). The zero-order valence-corrected chi connectivity index (χ0v) is 10.7. The summed E-state index contributed by atoms with van der Waals surface area (Å²) in [5, 5.41) is 0. The third-order valence-electron chi connectivity index (χ3n) is 3.53. The maximum absolute atomic E-state index is 5.82. The Morgan fingerprint density at radius 1 is 1.47 bits per heavy atom. The van der Waals surface area contributed by atoms with Crippen LogP contribution in [0.25, 0.3) is 0 Å². The second-order valence-electron chi connectivity index (χ2n) is 4.63. The summed E-state index contributed by atoms with van der Waals surface area (Å²) >= 11 is 0. The summed E-state index contributed by atoms with van der Waals surface area (Å²) in [6, 6.07) is 0.418. The molecule has 5 nitrogen and oxygen atoms in total. The lowest BCUT2D eigenvalue weighted by molar-refractivity contribution is 0.0719. The van der Waals surface area contributed by atoms with Crippen LogP contribution >= 0.6 is 0 Å². The van der Waals surface area contributed by atoms with E-state index >= 15 is 0 Å². The quantitative estimate of drug-likeness (QED) is 0.840. The normalized spacial score (nSPS) is 25.0. The lowest BCUT2D eigenvalue weighted by Gasteiger charge is -2.38. The van der Waals surface area contributed by atoms with Gasteiger partial charge in [-0.05, 0) is 26.7 Å². The van der Waals surface area contributed by atoms with E-state index in [1.807, 2.05) is 6.92 Å². The number of ether oxygens (including phenoxy) is 1. The highest BCUT2D eigenvalue weighted by molar-refractivity contribution is 5.56. The number of nitrogens with zero attached hydrogens (tertiary/aromatic N) is 3. The number of nitrogen functional groups attached to an aromatic ring is 1. The fourth-order valence-corrected chi connectivity index (χ4v) is 2.40. The van der Waals surface area contributed by atoms with Crippen molar-refractivity contribution >= 4 is 11.6 Å². The van der Waals surface area contributed by atoms with Gasteiger partial charge in [0, 0.05) is 25.3 Å². The van der Waals surface area contributed by atoms with Crippen LogP contribution in [0.15, 0.2) is 6.33 Å². The molecule has 17 heavy (non-hydrogen) atoms. The predicted octanol–water partition coefficient (Wildman–Crippen LogP) is 1.37. The number of anilines is 2. The minimum Gasteiger partial charge on any atom is -0.383 e. The number of piperidine rings is 1. The molecule has 2 heterocycles. The maximum Gasteiger partial charge on any atom is 0.137 e. The van der Waals surface area contributed by atoms with Crippen molar-refractivity contribution in [1.82, 2.24) is 9.97 Å². The van der Waals surface area contributed by atoms with Gasteiger partial charge in [-0.1, -0.05) is 0 Å². The molecule has 0 amide bonds. The lowest BCUT2D eigenvalue weighted by Crippen LogP contribution is -2.44. The van der Waals surface area contributed by atoms with Crippen LogP contribution < -0.4 is 10.6 Å². The summed E-state index contributed by atoms with van der Waals surface area (Å²) in [7, 11) is 1.78. The van der Waals surface area contributed by atoms with Gasteiger partial charge in [0.15, 0.2) is 0 Å². The van der Waals surface area contributed by atoms with E-state index in [2.05, 4.69) is 21.8 Å². The summed E-state index contributed by atoms with van der Waals surface area (Å²) in [6.07, 6.45) is 3.96. The number of nitrogens with two attached hydrogens (primary N) is 1. The van der Waals surface area contributed by atoms with Crippen LogP contribution in [-0.2, 0) is 4.74 Å². The summed E-state index contributed by atoms with van der Waals surface area (Å²) in [5.74, 6) is 1.52. The maximum atomic E-state index is 5.82. The highest BCUT2D eigenvalue weighted by Crippen LogP contribution is 2.28. The fourth-order valence-electron chi connectivity index (χ4n) is 2.40. The Balaban J connectivity index is 2.20. The Morgan fingerprint density at radius 3 is 2.88 bits per heavy atom. The summed E-state index contributed by atoms with van der Waals surface area (Å²) in [6.45, 7) is 5.12. The first-order valence-electron chi connectivity index (χ1n) is 6.00. The van der Waals surface area contributed by atoms with Crippen molar-refractivity contribution in [2.75, 3.05) is 24.3 Å². The average Bonchev–Trinajstić information content (AvgIpc) is 2.33. The molecule has 2 unspecified atom stereocenters. The summed E-state index contributed by atoms with van der Waals surface area (Å²) < 4.78 is 5.42. The Bertz CT molecular complexity index is 396. The standard InChI is InChI=1S/C12H20N4O/c1-8-6-10(17-3)4-5-16(8)12-9(2)11(13)14-7-15-12/h7-8,10H,4-6H2,1-3H3,(H2,13,14,15). The molecule has 1 aromatic heterocycles. The topological polar surface area (TPSA) is 64.3 Å². The summed E-state index contributed by atoms with van der Waals surface area (Å²) in [5.41, 5.74) is 6.79. The van der Waals surface area contributed by atoms with Gasteiger partial charge in [-0.2, -0.15) is 0 Å². The van der Waals surface area contributed by atoms with Crippen molar-refractivity contribution in [3.05, 3.63) is 11.9 Å². The van der Waals surface area contributed by atoms with Gasteiger partial charge in [-0.3, -0.25) is 0 Å². The van der Waals surface area contributed by atoms with E-state index in [0.29, 0.717) is 18.0 Å². The van der Waals surface area contributed by atoms with Gasteiger partial charge >= 0.3 is 0 Å². The minimum atomic E-state index is 0.362. The first-order chi connectivity index (χ1) is 8.13. The number of aromatic nitrogens is 2. The Labute approximate surface area is 102 Å². The number of methoxy groups -OCH3 is 1. The van der Waals surface area contributed by atoms with Crippen molar-refractivity contribution in [1.29, 1.82) is 0 Å². The second kappa shape index (κ2) is 4.87. The lowest BCUT2D eigenvalue weighted by atomic mass is 10.00. The molecule has 0 saturated carbocycles. The molecule has 1 aromatic rings. The van der Waals surface area contributed by atoms with Gasteiger partial charge in [0.25, 0.3) is 0 Å². The third kappa shape index (κ3) is 2.34. The Kier molecular flexibility index (Phi) is 3.47. The van der Waals surface area contributed by atoms with Crippen LogP contribution in [0.1, 0.15) is 25.3 Å². The fraction of sp³-hybridized carbons (Fsp3) is 0.667. The highest BCUT2D eigenvalue weighted by atomic mass is 16.5. The van der Waals surface area contributed by atoms with Gasteiger partial charge in [-0.25, -0.2) is 9.97 Å². The van der Waals surface area contributed by atoms with E-state index in [9.17, 15) is 0 Å². The molecule has 1 aliphatic heterocycles. The van der Waals surface area contributed by atoms with Crippen LogP contribution in [0.2, 0.25) is 0 Å². The van der Waals surface area contributed by atoms with Crippen molar-refractivity contribution in [3.63, 3.8) is 0 Å². The Hall–Kier alpha value is -1.36. The van der Waals surface area contributed by atoms with Crippen LogP contribution in [0.5, 0.6) is 0 Å². The SMILES string of the molecule is COC1CCN(c2ncnc(N)c2C)C(C)C1. The molecule has 94 valence electrons. The molecular formula is C12H20N4O. The van der Waals surface area contributed by atoms with E-state index in [0.717, 1.165) is 30.8 Å². The van der Waals surface area contributed by atoms with Crippen LogP contribution in [0.3, 0.4) is 0 Å². The van der Waals surface area contributed by atoms with Crippen molar-refractivity contribution in [2.24, 2.45) is 0 Å². The van der Waals surface area contributed by atoms with E-state index in [-0.39, 0.29) is 0 Å². The molecule has 0 bridgehead atoms. The van der Waals surface area contributed by atoms with Gasteiger partial charge < -0.3 is 15.4 Å². The van der Waals surface area contributed by atoms with Crippen LogP contribution in [0, 0.1) is 6.92 Å². The average molecular weight is 236 g/mol. The van der Waals surface area contributed by atoms with Gasteiger partial charge in [0.1, 0.15) is 18.0 Å². The summed E-state index contributed by atoms with van der Waals surface area (Å²) in [4.78, 5) is 10.7. The number of rotatable bonds is 2. The van der Waals surface area contributed by atoms with Crippen molar-refractivity contribution in [3.8, 4) is 0 Å². The monoisotopic (exact) mass is 236 g/mol. The van der Waals surface area contributed by atoms with Gasteiger partial charge in [-0.15, -0.1) is 0 Å². The zero-order valence-electron chi connectivity index (χ0n) is 10.7. The van der Waals surface area contributed by atoms with Crippen molar-refractivity contribution < 1.29 is 4.74 Å². The van der Waals surface area contributed by atoms with Gasteiger partial charge in [0.2, 0.25) is 0 Å². The minimum absolute atomic E-state index is 0.362. The smallest absolute Gasteiger partial charge is 0.137 e. The Morgan fingerprint density at radius 2 is 2.24 bits per heavy atom. The molecule has 0 aliphatic carbocycles. The highest BCUT2D eigenvalue weighted by Gasteiger charge is 2.27. The first-order valence-corrected chi connectivity index (χ1v) is 6.00. The second-order valence-corrected chi connectivity index (χ2v) is 4.63. The molecule has 1 fully saturated rings. The number of hydrogen-bond donors (Lipinski definition) is 1. The molecule has 0 aromatic carbocycles. The van der Waals surface area contributed by atoms with E-state index in [4.69, 9.17) is 10.5 Å². The van der Waals surface area contributed by atoms with E-state index < -0.39 is 0 Å². The third-order valence-corrected chi connectivity index (χ3v) is 3.53. The molecule has 0 radical (unpaired) electrons. The molecule has 2 atom stereocenters. The first kappa shape index (κ1) is 12.1. The molecule has 1 aliphatic rings.